The highest BCUT2D eigenvalue weighted by molar-refractivity contribution is 9.09. The standard InChI is InChI=1S/C16H16BrCl/c1-10-4-6-14(11(2)8-10)16(17)15-7-5-13(18)9-12(15)3/h4-9,16H,1-3H3. The van der Waals surface area contributed by atoms with Crippen molar-refractivity contribution in [2.24, 2.45) is 0 Å². The van der Waals surface area contributed by atoms with Gasteiger partial charge >= 0.3 is 0 Å². The quantitative estimate of drug-likeness (QED) is 0.617. The van der Waals surface area contributed by atoms with Crippen molar-refractivity contribution in [1.82, 2.24) is 0 Å². The van der Waals surface area contributed by atoms with E-state index in [1.54, 1.807) is 0 Å². The van der Waals surface area contributed by atoms with Crippen LogP contribution in [-0.2, 0) is 0 Å². The number of rotatable bonds is 2. The smallest absolute Gasteiger partial charge is 0.0649 e. The number of halogens is 2. The van der Waals surface area contributed by atoms with Crippen LogP contribution in [0.25, 0.3) is 0 Å². The van der Waals surface area contributed by atoms with Gasteiger partial charge in [0, 0.05) is 5.02 Å². The topological polar surface area (TPSA) is 0 Å². The van der Waals surface area contributed by atoms with Crippen molar-refractivity contribution in [3.8, 4) is 0 Å². The van der Waals surface area contributed by atoms with E-state index in [1.807, 2.05) is 12.1 Å². The van der Waals surface area contributed by atoms with E-state index in [1.165, 1.54) is 27.8 Å². The molecule has 2 heteroatoms. The van der Waals surface area contributed by atoms with Gasteiger partial charge in [-0.1, -0.05) is 57.4 Å². The van der Waals surface area contributed by atoms with Crippen molar-refractivity contribution in [3.63, 3.8) is 0 Å². The summed E-state index contributed by atoms with van der Waals surface area (Å²) in [4.78, 5) is 0.218. The third-order valence-electron chi connectivity index (χ3n) is 3.20. The molecule has 0 aliphatic rings. The Balaban J connectivity index is 2.44. The molecule has 1 atom stereocenters. The van der Waals surface area contributed by atoms with Crippen LogP contribution in [-0.4, -0.2) is 0 Å². The Hall–Kier alpha value is -0.790. The minimum Gasteiger partial charge on any atom is -0.0843 e. The van der Waals surface area contributed by atoms with Crippen molar-refractivity contribution < 1.29 is 0 Å². The normalized spacial score (nSPS) is 12.5. The van der Waals surface area contributed by atoms with Crippen LogP contribution in [0.15, 0.2) is 36.4 Å². The fraction of sp³-hybridized carbons (Fsp3) is 0.250. The second kappa shape index (κ2) is 5.46. The molecule has 0 aliphatic heterocycles. The summed E-state index contributed by atoms with van der Waals surface area (Å²) in [7, 11) is 0. The number of benzene rings is 2. The lowest BCUT2D eigenvalue weighted by molar-refractivity contribution is 1.11. The Bertz CT molecular complexity index is 524. The van der Waals surface area contributed by atoms with Crippen molar-refractivity contribution in [2.45, 2.75) is 25.6 Å². The van der Waals surface area contributed by atoms with E-state index < -0.39 is 0 Å². The van der Waals surface area contributed by atoms with E-state index in [-0.39, 0.29) is 4.83 Å². The minimum atomic E-state index is 0.218. The molecule has 2 rings (SSSR count). The first kappa shape index (κ1) is 13.6. The van der Waals surface area contributed by atoms with Gasteiger partial charge in [-0.3, -0.25) is 0 Å². The largest absolute Gasteiger partial charge is 0.0843 e. The molecule has 1 unspecified atom stereocenters. The molecular formula is C16H16BrCl. The van der Waals surface area contributed by atoms with E-state index in [0.717, 1.165) is 5.02 Å². The van der Waals surface area contributed by atoms with Gasteiger partial charge in [0.2, 0.25) is 0 Å². The fourth-order valence-corrected chi connectivity index (χ4v) is 3.46. The van der Waals surface area contributed by atoms with Crippen LogP contribution in [0.5, 0.6) is 0 Å². The molecule has 0 saturated heterocycles. The van der Waals surface area contributed by atoms with Crippen LogP contribution in [0.2, 0.25) is 5.02 Å². The molecule has 0 heterocycles. The molecule has 0 N–H and O–H groups in total. The highest BCUT2D eigenvalue weighted by atomic mass is 79.9. The Morgan fingerprint density at radius 2 is 1.44 bits per heavy atom. The molecule has 2 aromatic rings. The van der Waals surface area contributed by atoms with Gasteiger partial charge in [-0.25, -0.2) is 0 Å². The van der Waals surface area contributed by atoms with Crippen LogP contribution in [0.4, 0.5) is 0 Å². The van der Waals surface area contributed by atoms with Gasteiger partial charge < -0.3 is 0 Å². The van der Waals surface area contributed by atoms with Crippen LogP contribution in [0, 0.1) is 20.8 Å². The van der Waals surface area contributed by atoms with Gasteiger partial charge in [-0.05, 0) is 55.2 Å². The van der Waals surface area contributed by atoms with Crippen LogP contribution in [0.3, 0.4) is 0 Å². The number of hydrogen-bond donors (Lipinski definition) is 0. The van der Waals surface area contributed by atoms with E-state index in [9.17, 15) is 0 Å². The number of aryl methyl sites for hydroxylation is 3. The van der Waals surface area contributed by atoms with Gasteiger partial charge in [0.05, 0.1) is 4.83 Å². The predicted molar refractivity (Wildman–Crippen MR) is 82.9 cm³/mol. The van der Waals surface area contributed by atoms with E-state index in [4.69, 9.17) is 11.6 Å². The molecule has 0 spiro atoms. The maximum absolute atomic E-state index is 6.00. The second-order valence-electron chi connectivity index (χ2n) is 4.72. The highest BCUT2D eigenvalue weighted by Gasteiger charge is 2.14. The molecule has 0 fully saturated rings. The summed E-state index contributed by atoms with van der Waals surface area (Å²) in [5.41, 5.74) is 6.40. The molecule has 0 bridgehead atoms. The molecule has 0 radical (unpaired) electrons. The fourth-order valence-electron chi connectivity index (χ4n) is 2.20. The van der Waals surface area contributed by atoms with E-state index in [2.05, 4.69) is 61.0 Å². The SMILES string of the molecule is Cc1ccc(C(Br)c2ccc(Cl)cc2C)c(C)c1. The summed E-state index contributed by atoms with van der Waals surface area (Å²) in [5, 5.41) is 0.788. The maximum Gasteiger partial charge on any atom is 0.0649 e. The zero-order valence-electron chi connectivity index (χ0n) is 10.8. The van der Waals surface area contributed by atoms with E-state index >= 15 is 0 Å². The summed E-state index contributed by atoms with van der Waals surface area (Å²) in [6, 6.07) is 12.6. The summed E-state index contributed by atoms with van der Waals surface area (Å²) < 4.78 is 0. The zero-order chi connectivity index (χ0) is 13.3. The summed E-state index contributed by atoms with van der Waals surface area (Å²) >= 11 is 9.81. The molecule has 94 valence electrons. The Morgan fingerprint density at radius 3 is 2.00 bits per heavy atom. The first-order valence-electron chi connectivity index (χ1n) is 5.96. The molecular weight excluding hydrogens is 308 g/mol. The summed E-state index contributed by atoms with van der Waals surface area (Å²) in [6.45, 7) is 6.37. The predicted octanol–water partition coefficient (Wildman–Crippen LogP) is 5.75. The summed E-state index contributed by atoms with van der Waals surface area (Å²) in [6.07, 6.45) is 0. The number of alkyl halides is 1. The number of hydrogen-bond acceptors (Lipinski definition) is 0. The second-order valence-corrected chi connectivity index (χ2v) is 6.08. The average molecular weight is 324 g/mol. The first-order chi connectivity index (χ1) is 8.49. The van der Waals surface area contributed by atoms with Crippen molar-refractivity contribution >= 4 is 27.5 Å². The molecule has 18 heavy (non-hydrogen) atoms. The van der Waals surface area contributed by atoms with Gasteiger partial charge in [0.15, 0.2) is 0 Å². The lowest BCUT2D eigenvalue weighted by atomic mass is 9.96. The minimum absolute atomic E-state index is 0.218. The van der Waals surface area contributed by atoms with Crippen molar-refractivity contribution in [1.29, 1.82) is 0 Å². The third kappa shape index (κ3) is 2.78. The molecule has 2 aromatic carbocycles. The lowest BCUT2D eigenvalue weighted by Crippen LogP contribution is -1.98. The Labute approximate surface area is 122 Å². The Morgan fingerprint density at radius 1 is 0.889 bits per heavy atom. The molecule has 0 aromatic heterocycles. The summed E-state index contributed by atoms with van der Waals surface area (Å²) in [5.74, 6) is 0. The van der Waals surface area contributed by atoms with Gasteiger partial charge in [0.1, 0.15) is 0 Å². The van der Waals surface area contributed by atoms with Crippen LogP contribution >= 0.6 is 27.5 Å². The third-order valence-corrected chi connectivity index (χ3v) is 4.42. The van der Waals surface area contributed by atoms with Crippen LogP contribution < -0.4 is 0 Å². The average Bonchev–Trinajstić information content (AvgIpc) is 2.28. The van der Waals surface area contributed by atoms with Gasteiger partial charge in [-0.2, -0.15) is 0 Å². The molecule has 0 aliphatic carbocycles. The zero-order valence-corrected chi connectivity index (χ0v) is 13.1. The van der Waals surface area contributed by atoms with E-state index in [0.29, 0.717) is 0 Å². The highest BCUT2D eigenvalue weighted by Crippen LogP contribution is 2.35. The van der Waals surface area contributed by atoms with Crippen LogP contribution in [0.1, 0.15) is 32.6 Å². The Kier molecular flexibility index (Phi) is 4.14. The maximum atomic E-state index is 6.00. The van der Waals surface area contributed by atoms with Gasteiger partial charge in [-0.15, -0.1) is 0 Å². The molecule has 0 saturated carbocycles. The van der Waals surface area contributed by atoms with Crippen molar-refractivity contribution in [3.05, 3.63) is 69.2 Å². The molecule has 0 nitrogen and oxygen atoms in total. The first-order valence-corrected chi connectivity index (χ1v) is 7.25. The van der Waals surface area contributed by atoms with Crippen molar-refractivity contribution in [2.75, 3.05) is 0 Å². The monoisotopic (exact) mass is 322 g/mol. The van der Waals surface area contributed by atoms with Gasteiger partial charge in [0.25, 0.3) is 0 Å². The lowest BCUT2D eigenvalue weighted by Gasteiger charge is -2.16. The molecule has 0 amide bonds.